The molecule has 0 radical (unpaired) electrons. The third-order valence-electron chi connectivity index (χ3n) is 5.64. The molecule has 0 heterocycles. The summed E-state index contributed by atoms with van der Waals surface area (Å²) in [5, 5.41) is 0. The van der Waals surface area contributed by atoms with Gasteiger partial charge in [0, 0.05) is 7.11 Å². The maximum atomic E-state index is 6.70. The van der Waals surface area contributed by atoms with Crippen LogP contribution in [-0.4, -0.2) is 12.7 Å². The molecule has 1 aliphatic rings. The van der Waals surface area contributed by atoms with E-state index in [0.717, 1.165) is 12.8 Å². The highest BCUT2D eigenvalue weighted by atomic mass is 16.5. The zero-order valence-corrected chi connectivity index (χ0v) is 14.5. The SMILES string of the molecule is COC1(C(N)c2cc(C)c(C)cc2C)CCC(C)(C)CC1. The first-order valence-electron chi connectivity index (χ1n) is 8.09. The van der Waals surface area contributed by atoms with Crippen LogP contribution in [-0.2, 0) is 4.74 Å². The number of methoxy groups -OCH3 is 1. The van der Waals surface area contributed by atoms with Gasteiger partial charge in [0.1, 0.15) is 0 Å². The van der Waals surface area contributed by atoms with E-state index in [1.54, 1.807) is 0 Å². The van der Waals surface area contributed by atoms with Crippen LogP contribution in [0, 0.1) is 26.2 Å². The van der Waals surface area contributed by atoms with E-state index in [9.17, 15) is 0 Å². The lowest BCUT2D eigenvalue weighted by molar-refractivity contribution is -0.0795. The first-order chi connectivity index (χ1) is 9.71. The van der Waals surface area contributed by atoms with Crippen molar-refractivity contribution in [1.29, 1.82) is 0 Å². The van der Waals surface area contributed by atoms with Crippen molar-refractivity contribution in [3.63, 3.8) is 0 Å². The fraction of sp³-hybridized carbons (Fsp3) is 0.684. The van der Waals surface area contributed by atoms with Crippen molar-refractivity contribution in [3.05, 3.63) is 34.4 Å². The van der Waals surface area contributed by atoms with Gasteiger partial charge in [0.05, 0.1) is 11.6 Å². The largest absolute Gasteiger partial charge is 0.376 e. The summed E-state index contributed by atoms with van der Waals surface area (Å²) >= 11 is 0. The van der Waals surface area contributed by atoms with E-state index in [1.165, 1.54) is 35.1 Å². The summed E-state index contributed by atoms with van der Waals surface area (Å²) in [4.78, 5) is 0. The molecular formula is C19H31NO. The molecular weight excluding hydrogens is 258 g/mol. The number of ether oxygens (including phenoxy) is 1. The second-order valence-corrected chi connectivity index (χ2v) is 7.70. The van der Waals surface area contributed by atoms with Gasteiger partial charge in [-0.2, -0.15) is 0 Å². The topological polar surface area (TPSA) is 35.2 Å². The maximum absolute atomic E-state index is 6.70. The van der Waals surface area contributed by atoms with Crippen LogP contribution in [0.2, 0.25) is 0 Å². The number of benzene rings is 1. The lowest BCUT2D eigenvalue weighted by Gasteiger charge is -2.46. The van der Waals surface area contributed by atoms with E-state index in [2.05, 4.69) is 46.8 Å². The average molecular weight is 289 g/mol. The molecule has 1 unspecified atom stereocenters. The molecule has 0 bridgehead atoms. The fourth-order valence-corrected chi connectivity index (χ4v) is 3.59. The van der Waals surface area contributed by atoms with E-state index in [-0.39, 0.29) is 11.6 Å². The maximum Gasteiger partial charge on any atom is 0.0870 e. The van der Waals surface area contributed by atoms with Gasteiger partial charge in [-0.15, -0.1) is 0 Å². The minimum atomic E-state index is -0.206. The highest BCUT2D eigenvalue weighted by molar-refractivity contribution is 5.39. The molecule has 1 aromatic rings. The lowest BCUT2D eigenvalue weighted by Crippen LogP contribution is -2.47. The highest BCUT2D eigenvalue weighted by Gasteiger charge is 2.43. The molecule has 0 aromatic heterocycles. The van der Waals surface area contributed by atoms with Gasteiger partial charge >= 0.3 is 0 Å². The molecule has 2 N–H and O–H groups in total. The van der Waals surface area contributed by atoms with Crippen molar-refractivity contribution in [3.8, 4) is 0 Å². The fourth-order valence-electron chi connectivity index (χ4n) is 3.59. The second kappa shape index (κ2) is 5.73. The first-order valence-corrected chi connectivity index (χ1v) is 8.09. The smallest absolute Gasteiger partial charge is 0.0870 e. The molecule has 21 heavy (non-hydrogen) atoms. The molecule has 2 nitrogen and oxygen atoms in total. The van der Waals surface area contributed by atoms with Gasteiger partial charge < -0.3 is 10.5 Å². The minimum absolute atomic E-state index is 0.0436. The molecule has 2 heteroatoms. The summed E-state index contributed by atoms with van der Waals surface area (Å²) < 4.78 is 5.99. The Balaban J connectivity index is 2.33. The van der Waals surface area contributed by atoms with E-state index in [0.29, 0.717) is 5.41 Å². The predicted octanol–water partition coefficient (Wildman–Crippen LogP) is 4.60. The number of nitrogens with two attached hydrogens (primary N) is 1. The van der Waals surface area contributed by atoms with Crippen LogP contribution in [0.25, 0.3) is 0 Å². The quantitative estimate of drug-likeness (QED) is 0.882. The molecule has 1 aliphatic carbocycles. The van der Waals surface area contributed by atoms with Gasteiger partial charge in [0.25, 0.3) is 0 Å². The van der Waals surface area contributed by atoms with E-state index < -0.39 is 0 Å². The minimum Gasteiger partial charge on any atom is -0.376 e. The summed E-state index contributed by atoms with van der Waals surface area (Å²) in [5.74, 6) is 0. The van der Waals surface area contributed by atoms with Crippen LogP contribution in [0.5, 0.6) is 0 Å². The van der Waals surface area contributed by atoms with Gasteiger partial charge in [-0.1, -0.05) is 26.0 Å². The number of hydrogen-bond acceptors (Lipinski definition) is 2. The Bertz CT molecular complexity index is 509. The van der Waals surface area contributed by atoms with Crippen LogP contribution in [0.15, 0.2) is 12.1 Å². The Kier molecular flexibility index (Phi) is 4.51. The summed E-state index contributed by atoms with van der Waals surface area (Å²) in [6, 6.07) is 4.47. The van der Waals surface area contributed by atoms with Crippen molar-refractivity contribution in [2.75, 3.05) is 7.11 Å². The van der Waals surface area contributed by atoms with Crippen molar-refractivity contribution in [1.82, 2.24) is 0 Å². The van der Waals surface area contributed by atoms with Crippen molar-refractivity contribution < 1.29 is 4.74 Å². The Morgan fingerprint density at radius 1 is 0.952 bits per heavy atom. The third-order valence-corrected chi connectivity index (χ3v) is 5.64. The summed E-state index contributed by atoms with van der Waals surface area (Å²) in [5.41, 5.74) is 12.1. The van der Waals surface area contributed by atoms with E-state index in [4.69, 9.17) is 10.5 Å². The van der Waals surface area contributed by atoms with Gasteiger partial charge in [-0.05, 0) is 74.1 Å². The van der Waals surface area contributed by atoms with Crippen molar-refractivity contribution in [2.45, 2.75) is 71.9 Å². The molecule has 1 atom stereocenters. The molecule has 0 amide bonds. The predicted molar refractivity (Wildman–Crippen MR) is 89.6 cm³/mol. The first kappa shape index (κ1) is 16.5. The molecule has 1 fully saturated rings. The summed E-state index contributed by atoms with van der Waals surface area (Å²) in [6.45, 7) is 11.2. The standard InChI is InChI=1S/C19H31NO/c1-13-11-15(3)16(12-14(13)2)17(20)19(21-6)9-7-18(4,5)8-10-19/h11-12,17H,7-10,20H2,1-6H3. The van der Waals surface area contributed by atoms with Gasteiger partial charge in [-0.25, -0.2) is 0 Å². The Morgan fingerprint density at radius 3 is 2.00 bits per heavy atom. The molecule has 118 valence electrons. The second-order valence-electron chi connectivity index (χ2n) is 7.70. The monoisotopic (exact) mass is 289 g/mol. The molecule has 0 saturated heterocycles. The Hall–Kier alpha value is -0.860. The molecule has 1 saturated carbocycles. The Labute approximate surface area is 130 Å². The molecule has 0 aliphatic heterocycles. The lowest BCUT2D eigenvalue weighted by atomic mass is 9.67. The van der Waals surface area contributed by atoms with Crippen LogP contribution < -0.4 is 5.73 Å². The third kappa shape index (κ3) is 3.17. The van der Waals surface area contributed by atoms with Crippen LogP contribution in [0.4, 0.5) is 0 Å². The molecule has 2 rings (SSSR count). The number of rotatable bonds is 3. The highest BCUT2D eigenvalue weighted by Crippen LogP contribution is 2.47. The van der Waals surface area contributed by atoms with Crippen LogP contribution in [0.3, 0.4) is 0 Å². The van der Waals surface area contributed by atoms with E-state index in [1.807, 2.05) is 7.11 Å². The Morgan fingerprint density at radius 2 is 1.48 bits per heavy atom. The average Bonchev–Trinajstić information content (AvgIpc) is 2.43. The number of hydrogen-bond donors (Lipinski definition) is 1. The van der Waals surface area contributed by atoms with Crippen molar-refractivity contribution >= 4 is 0 Å². The molecule has 0 spiro atoms. The van der Waals surface area contributed by atoms with Gasteiger partial charge in [0.2, 0.25) is 0 Å². The normalized spacial score (nSPS) is 22.0. The molecule has 1 aromatic carbocycles. The van der Waals surface area contributed by atoms with Gasteiger partial charge in [0.15, 0.2) is 0 Å². The van der Waals surface area contributed by atoms with Crippen molar-refractivity contribution in [2.24, 2.45) is 11.1 Å². The number of aryl methyl sites for hydroxylation is 3. The van der Waals surface area contributed by atoms with Gasteiger partial charge in [-0.3, -0.25) is 0 Å². The van der Waals surface area contributed by atoms with Crippen LogP contribution in [0.1, 0.15) is 67.8 Å². The summed E-state index contributed by atoms with van der Waals surface area (Å²) in [6.07, 6.45) is 4.45. The summed E-state index contributed by atoms with van der Waals surface area (Å²) in [7, 11) is 1.83. The zero-order chi connectivity index (χ0) is 15.8. The zero-order valence-electron chi connectivity index (χ0n) is 14.5. The van der Waals surface area contributed by atoms with Crippen LogP contribution >= 0.6 is 0 Å². The van der Waals surface area contributed by atoms with E-state index >= 15 is 0 Å².